The molecule has 1 aliphatic rings. The molecule has 1 fully saturated rings. The van der Waals surface area contributed by atoms with Crippen LogP contribution >= 0.6 is 0 Å². The van der Waals surface area contributed by atoms with Gasteiger partial charge < -0.3 is 15.3 Å². The van der Waals surface area contributed by atoms with Gasteiger partial charge >= 0.3 is 5.97 Å². The first-order valence-electron chi connectivity index (χ1n) is 5.76. The lowest BCUT2D eigenvalue weighted by Gasteiger charge is -2.30. The van der Waals surface area contributed by atoms with Crippen molar-refractivity contribution >= 4 is 5.97 Å². The van der Waals surface area contributed by atoms with Crippen molar-refractivity contribution < 1.29 is 9.90 Å². The number of hydrogen-bond acceptors (Lipinski definition) is 3. The third-order valence-electron chi connectivity index (χ3n) is 3.26. The number of nitrogens with zero attached hydrogens (tertiary/aromatic N) is 1. The van der Waals surface area contributed by atoms with E-state index in [0.29, 0.717) is 6.42 Å². The first-order chi connectivity index (χ1) is 7.13. The molecule has 1 aliphatic heterocycles. The molecule has 0 bridgehead atoms. The molecular formula is C11H22N2O2. The lowest BCUT2D eigenvalue weighted by Crippen LogP contribution is -2.40. The Morgan fingerprint density at radius 2 is 2.13 bits per heavy atom. The molecule has 88 valence electrons. The lowest BCUT2D eigenvalue weighted by atomic mass is 9.99. The van der Waals surface area contributed by atoms with E-state index in [9.17, 15) is 4.79 Å². The quantitative estimate of drug-likeness (QED) is 0.710. The fourth-order valence-corrected chi connectivity index (χ4v) is 1.99. The van der Waals surface area contributed by atoms with E-state index in [1.165, 1.54) is 12.8 Å². The first kappa shape index (κ1) is 12.5. The Balaban J connectivity index is 2.21. The minimum atomic E-state index is -0.747. The highest BCUT2D eigenvalue weighted by Gasteiger charge is 2.19. The molecule has 2 N–H and O–H groups in total. The molecule has 15 heavy (non-hydrogen) atoms. The summed E-state index contributed by atoms with van der Waals surface area (Å²) in [6.07, 6.45) is 3.19. The van der Waals surface area contributed by atoms with Crippen LogP contribution in [0.2, 0.25) is 0 Å². The normalized spacial score (nSPS) is 21.5. The number of piperidine rings is 1. The van der Waals surface area contributed by atoms with Crippen molar-refractivity contribution in [2.45, 2.75) is 32.2 Å². The van der Waals surface area contributed by atoms with Gasteiger partial charge in [-0.2, -0.15) is 0 Å². The van der Waals surface area contributed by atoms with Crippen molar-refractivity contribution in [2.24, 2.45) is 5.92 Å². The number of carboxylic acid groups (broad SMARTS) is 1. The summed E-state index contributed by atoms with van der Waals surface area (Å²) >= 11 is 0. The largest absolute Gasteiger partial charge is 0.480 e. The molecule has 0 spiro atoms. The molecule has 0 aromatic rings. The maximum Gasteiger partial charge on any atom is 0.320 e. The topological polar surface area (TPSA) is 52.6 Å². The minimum Gasteiger partial charge on any atom is -0.480 e. The second kappa shape index (κ2) is 6.08. The van der Waals surface area contributed by atoms with E-state index < -0.39 is 12.0 Å². The Labute approximate surface area is 91.6 Å². The van der Waals surface area contributed by atoms with Crippen LogP contribution in [0.25, 0.3) is 0 Å². The van der Waals surface area contributed by atoms with Gasteiger partial charge in [0.25, 0.3) is 0 Å². The molecule has 0 radical (unpaired) electrons. The highest BCUT2D eigenvalue weighted by molar-refractivity contribution is 5.73. The van der Waals surface area contributed by atoms with Crippen molar-refractivity contribution in [3.05, 3.63) is 0 Å². The number of carbonyl (C=O) groups is 1. The average molecular weight is 214 g/mol. The number of likely N-dealkylation sites (N-methyl/N-ethyl adjacent to an activating group) is 1. The minimum absolute atomic E-state index is 0.399. The predicted octanol–water partition coefficient (Wildman–Crippen LogP) is 0.781. The molecule has 1 saturated heterocycles. The van der Waals surface area contributed by atoms with Crippen molar-refractivity contribution in [3.8, 4) is 0 Å². The van der Waals surface area contributed by atoms with Crippen LogP contribution in [0.15, 0.2) is 0 Å². The van der Waals surface area contributed by atoms with Crippen LogP contribution in [0.4, 0.5) is 0 Å². The van der Waals surface area contributed by atoms with Crippen LogP contribution in [-0.4, -0.2) is 48.7 Å². The van der Waals surface area contributed by atoms with Gasteiger partial charge in [0.05, 0.1) is 0 Å². The third-order valence-corrected chi connectivity index (χ3v) is 3.26. The monoisotopic (exact) mass is 214 g/mol. The van der Waals surface area contributed by atoms with Gasteiger partial charge in [0.2, 0.25) is 0 Å². The number of hydrogen-bond donors (Lipinski definition) is 2. The van der Waals surface area contributed by atoms with Gasteiger partial charge in [0.15, 0.2) is 0 Å². The standard InChI is InChI=1S/C11H22N2O2/c1-9-3-6-13(7-4-9)8-5-10(12-2)11(14)15/h9-10,12H,3-8H2,1-2H3,(H,14,15). The maximum atomic E-state index is 10.8. The van der Waals surface area contributed by atoms with E-state index in [2.05, 4.69) is 17.1 Å². The van der Waals surface area contributed by atoms with Gasteiger partial charge in [-0.05, 0) is 45.3 Å². The average Bonchev–Trinajstić information content (AvgIpc) is 2.21. The molecule has 1 unspecified atom stereocenters. The van der Waals surface area contributed by atoms with Gasteiger partial charge in [-0.15, -0.1) is 0 Å². The number of nitrogens with one attached hydrogen (secondary N) is 1. The first-order valence-corrected chi connectivity index (χ1v) is 5.76. The molecule has 0 aliphatic carbocycles. The van der Waals surface area contributed by atoms with Crippen LogP contribution in [-0.2, 0) is 4.79 Å². The van der Waals surface area contributed by atoms with E-state index in [0.717, 1.165) is 25.6 Å². The highest BCUT2D eigenvalue weighted by Crippen LogP contribution is 2.16. The fourth-order valence-electron chi connectivity index (χ4n) is 1.99. The maximum absolute atomic E-state index is 10.8. The molecule has 0 amide bonds. The zero-order valence-electron chi connectivity index (χ0n) is 9.70. The van der Waals surface area contributed by atoms with Crippen molar-refractivity contribution in [3.63, 3.8) is 0 Å². The molecule has 0 aromatic heterocycles. The van der Waals surface area contributed by atoms with Gasteiger partial charge in [-0.1, -0.05) is 6.92 Å². The van der Waals surface area contributed by atoms with Crippen molar-refractivity contribution in [1.29, 1.82) is 0 Å². The summed E-state index contributed by atoms with van der Waals surface area (Å²) in [6.45, 7) is 5.42. The summed E-state index contributed by atoms with van der Waals surface area (Å²) in [4.78, 5) is 13.1. The summed E-state index contributed by atoms with van der Waals surface area (Å²) in [5.41, 5.74) is 0. The van der Waals surface area contributed by atoms with Crippen molar-refractivity contribution in [1.82, 2.24) is 10.2 Å². The molecule has 1 rings (SSSR count). The van der Waals surface area contributed by atoms with Crippen LogP contribution in [0.3, 0.4) is 0 Å². The summed E-state index contributed by atoms with van der Waals surface area (Å²) in [7, 11) is 1.71. The lowest BCUT2D eigenvalue weighted by molar-refractivity contribution is -0.139. The summed E-state index contributed by atoms with van der Waals surface area (Å²) in [5, 5.41) is 11.7. The molecular weight excluding hydrogens is 192 g/mol. The predicted molar refractivity (Wildman–Crippen MR) is 59.9 cm³/mol. The van der Waals surface area contributed by atoms with Gasteiger partial charge in [0.1, 0.15) is 6.04 Å². The van der Waals surface area contributed by atoms with E-state index in [1.54, 1.807) is 7.05 Å². The summed E-state index contributed by atoms with van der Waals surface area (Å²) in [6, 6.07) is -0.399. The number of carboxylic acids is 1. The molecule has 0 aromatic carbocycles. The van der Waals surface area contributed by atoms with Crippen LogP contribution < -0.4 is 5.32 Å². The Morgan fingerprint density at radius 1 is 1.53 bits per heavy atom. The second-order valence-corrected chi connectivity index (χ2v) is 4.49. The fraction of sp³-hybridized carbons (Fsp3) is 0.909. The molecule has 4 nitrogen and oxygen atoms in total. The second-order valence-electron chi connectivity index (χ2n) is 4.49. The van der Waals surface area contributed by atoms with Gasteiger partial charge in [-0.25, -0.2) is 0 Å². The number of rotatable bonds is 5. The summed E-state index contributed by atoms with van der Waals surface area (Å²) < 4.78 is 0. The Bertz CT molecular complexity index is 201. The Kier molecular flexibility index (Phi) is 5.05. The Morgan fingerprint density at radius 3 is 2.60 bits per heavy atom. The van der Waals surface area contributed by atoms with Crippen LogP contribution in [0.1, 0.15) is 26.2 Å². The number of likely N-dealkylation sites (tertiary alicyclic amines) is 1. The molecule has 0 saturated carbocycles. The molecule has 4 heteroatoms. The zero-order valence-corrected chi connectivity index (χ0v) is 9.70. The van der Waals surface area contributed by atoms with E-state index >= 15 is 0 Å². The summed E-state index contributed by atoms with van der Waals surface area (Å²) in [5.74, 6) is 0.0868. The smallest absolute Gasteiger partial charge is 0.320 e. The van der Waals surface area contributed by atoms with Gasteiger partial charge in [-0.3, -0.25) is 4.79 Å². The SMILES string of the molecule is CNC(CCN1CCC(C)CC1)C(=O)O. The van der Waals surface area contributed by atoms with Crippen LogP contribution in [0.5, 0.6) is 0 Å². The molecule has 1 heterocycles. The number of aliphatic carboxylic acids is 1. The van der Waals surface area contributed by atoms with Gasteiger partial charge in [0, 0.05) is 6.54 Å². The van der Waals surface area contributed by atoms with Crippen LogP contribution in [0, 0.1) is 5.92 Å². The van der Waals surface area contributed by atoms with Crippen molar-refractivity contribution in [2.75, 3.05) is 26.7 Å². The zero-order chi connectivity index (χ0) is 11.3. The third kappa shape index (κ3) is 4.18. The molecule has 1 atom stereocenters. The van der Waals surface area contributed by atoms with E-state index in [4.69, 9.17) is 5.11 Å². The van der Waals surface area contributed by atoms with E-state index in [-0.39, 0.29) is 0 Å². The highest BCUT2D eigenvalue weighted by atomic mass is 16.4. The van der Waals surface area contributed by atoms with E-state index in [1.807, 2.05) is 0 Å². The Hall–Kier alpha value is -0.610.